The van der Waals surface area contributed by atoms with Gasteiger partial charge in [-0.05, 0) is 83.1 Å². The number of aryl methyl sites for hydroxylation is 1. The van der Waals surface area contributed by atoms with Crippen LogP contribution in [-0.2, 0) is 17.7 Å². The zero-order valence-electron chi connectivity index (χ0n) is 18.9. The van der Waals surface area contributed by atoms with E-state index in [1.807, 2.05) is 0 Å². The van der Waals surface area contributed by atoms with E-state index in [9.17, 15) is 0 Å². The summed E-state index contributed by atoms with van der Waals surface area (Å²) in [5.74, 6) is 0. The van der Waals surface area contributed by atoms with Crippen LogP contribution in [0.4, 0.5) is 0 Å². The molecule has 162 valence electrons. The number of rotatable bonds is 6. The first kappa shape index (κ1) is 22.5. The van der Waals surface area contributed by atoms with Gasteiger partial charge < -0.3 is 20.3 Å². The molecule has 0 spiro atoms. The highest BCUT2D eigenvalue weighted by molar-refractivity contribution is 7.80. The van der Waals surface area contributed by atoms with Gasteiger partial charge in [0.15, 0.2) is 5.11 Å². The summed E-state index contributed by atoms with van der Waals surface area (Å²) in [4.78, 5) is 2.31. The molecular formula is C24H39N3OS. The number of hydrogen-bond donors (Lipinski definition) is 2. The second-order valence-corrected chi connectivity index (χ2v) is 10.5. The fourth-order valence-corrected chi connectivity index (χ4v) is 5.35. The van der Waals surface area contributed by atoms with Gasteiger partial charge in [-0.2, -0.15) is 0 Å². The van der Waals surface area contributed by atoms with Crippen LogP contribution in [0.25, 0.3) is 0 Å². The van der Waals surface area contributed by atoms with E-state index in [2.05, 4.69) is 74.4 Å². The lowest BCUT2D eigenvalue weighted by Crippen LogP contribution is -2.63. The van der Waals surface area contributed by atoms with Gasteiger partial charge in [0.05, 0.1) is 6.10 Å². The van der Waals surface area contributed by atoms with E-state index in [1.54, 1.807) is 0 Å². The van der Waals surface area contributed by atoms with Crippen molar-refractivity contribution in [3.63, 3.8) is 0 Å². The van der Waals surface area contributed by atoms with E-state index >= 15 is 0 Å². The third-order valence-electron chi connectivity index (χ3n) is 6.06. The molecule has 0 bridgehead atoms. The Hall–Kier alpha value is -1.17. The number of ether oxygens (including phenoxy) is 1. The summed E-state index contributed by atoms with van der Waals surface area (Å²) in [6.07, 6.45) is 5.76. The van der Waals surface area contributed by atoms with Crippen molar-refractivity contribution in [1.82, 2.24) is 15.5 Å². The van der Waals surface area contributed by atoms with Crippen LogP contribution in [0.2, 0.25) is 0 Å². The van der Waals surface area contributed by atoms with E-state index in [4.69, 9.17) is 17.0 Å². The maximum atomic E-state index is 5.93. The van der Waals surface area contributed by atoms with Gasteiger partial charge in [-0.25, -0.2) is 0 Å². The first-order chi connectivity index (χ1) is 13.7. The van der Waals surface area contributed by atoms with Crippen molar-refractivity contribution in [3.8, 4) is 0 Å². The van der Waals surface area contributed by atoms with E-state index in [1.165, 1.54) is 11.1 Å². The van der Waals surface area contributed by atoms with Crippen LogP contribution in [0, 0.1) is 0 Å². The van der Waals surface area contributed by atoms with Crippen LogP contribution >= 0.6 is 12.2 Å². The highest BCUT2D eigenvalue weighted by Crippen LogP contribution is 2.28. The summed E-state index contributed by atoms with van der Waals surface area (Å²) in [7, 11) is 0. The maximum Gasteiger partial charge on any atom is 0.169 e. The third kappa shape index (κ3) is 6.66. The maximum absolute atomic E-state index is 5.93. The second kappa shape index (κ2) is 9.32. The summed E-state index contributed by atoms with van der Waals surface area (Å²) < 4.78 is 5.92. The molecule has 0 saturated carbocycles. The molecule has 2 saturated heterocycles. The lowest BCUT2D eigenvalue weighted by Gasteiger charge is -2.47. The van der Waals surface area contributed by atoms with Crippen LogP contribution in [0.3, 0.4) is 0 Å². The summed E-state index contributed by atoms with van der Waals surface area (Å²) in [6, 6.07) is 9.31. The molecule has 1 aromatic rings. The minimum absolute atomic E-state index is 0.102. The van der Waals surface area contributed by atoms with Crippen molar-refractivity contribution in [2.75, 3.05) is 13.2 Å². The highest BCUT2D eigenvalue weighted by Gasteiger charge is 2.38. The zero-order valence-corrected chi connectivity index (χ0v) is 19.7. The van der Waals surface area contributed by atoms with Gasteiger partial charge in [-0.1, -0.05) is 31.2 Å². The molecule has 5 heteroatoms. The minimum Gasteiger partial charge on any atom is -0.376 e. The molecule has 1 aromatic carbocycles. The average Bonchev–Trinajstić information content (AvgIpc) is 3.12. The lowest BCUT2D eigenvalue weighted by molar-refractivity contribution is 0.0887. The van der Waals surface area contributed by atoms with Gasteiger partial charge >= 0.3 is 0 Å². The number of benzene rings is 1. The summed E-state index contributed by atoms with van der Waals surface area (Å²) in [5, 5.41) is 8.33. The first-order valence-electron chi connectivity index (χ1n) is 11.2. The molecule has 2 aliphatic rings. The van der Waals surface area contributed by atoms with Crippen LogP contribution < -0.4 is 10.6 Å². The van der Waals surface area contributed by atoms with Crippen molar-refractivity contribution < 1.29 is 4.74 Å². The van der Waals surface area contributed by atoms with Gasteiger partial charge in [0.2, 0.25) is 0 Å². The quantitative estimate of drug-likeness (QED) is 0.671. The Morgan fingerprint density at radius 2 is 1.76 bits per heavy atom. The Bertz CT molecular complexity index is 664. The van der Waals surface area contributed by atoms with Gasteiger partial charge in [0.1, 0.15) is 0 Å². The highest BCUT2D eigenvalue weighted by atomic mass is 32.1. The van der Waals surface area contributed by atoms with Gasteiger partial charge in [0.25, 0.3) is 0 Å². The third-order valence-corrected chi connectivity index (χ3v) is 6.43. The standard InChI is InChI=1S/C24H39N3OS/c1-6-18-9-11-19(12-10-18)16-27(17-21-8-7-13-28-21)22(29)25-20-14-23(2,3)26-24(4,5)15-20/h9-12,20-21,26H,6-8,13-17H2,1-5H3,(H,25,29). The molecule has 2 aliphatic heterocycles. The van der Waals surface area contributed by atoms with Gasteiger partial charge in [0, 0.05) is 36.8 Å². The molecule has 1 atom stereocenters. The molecule has 29 heavy (non-hydrogen) atoms. The first-order valence-corrected chi connectivity index (χ1v) is 11.6. The van der Waals surface area contributed by atoms with E-state index < -0.39 is 0 Å². The van der Waals surface area contributed by atoms with Crippen molar-refractivity contribution in [1.29, 1.82) is 0 Å². The molecule has 0 aromatic heterocycles. The van der Waals surface area contributed by atoms with E-state index in [0.717, 1.165) is 56.9 Å². The Morgan fingerprint density at radius 3 is 2.31 bits per heavy atom. The van der Waals surface area contributed by atoms with Gasteiger partial charge in [-0.3, -0.25) is 0 Å². The predicted molar refractivity (Wildman–Crippen MR) is 125 cm³/mol. The van der Waals surface area contributed by atoms with Crippen molar-refractivity contribution in [2.45, 2.75) is 96.5 Å². The molecule has 0 amide bonds. The smallest absolute Gasteiger partial charge is 0.169 e. The Morgan fingerprint density at radius 1 is 1.14 bits per heavy atom. The SMILES string of the molecule is CCc1ccc(CN(CC2CCCO2)C(=S)NC2CC(C)(C)NC(C)(C)C2)cc1. The fraction of sp³-hybridized carbons (Fsp3) is 0.708. The number of nitrogens with zero attached hydrogens (tertiary/aromatic N) is 1. The normalized spacial score (nSPS) is 23.7. The Kier molecular flexibility index (Phi) is 7.23. The molecule has 2 heterocycles. The second-order valence-electron chi connectivity index (χ2n) is 10.1. The monoisotopic (exact) mass is 417 g/mol. The molecule has 2 fully saturated rings. The number of nitrogens with one attached hydrogen (secondary N) is 2. The minimum atomic E-state index is 0.102. The topological polar surface area (TPSA) is 36.5 Å². The summed E-state index contributed by atoms with van der Waals surface area (Å²) in [5.41, 5.74) is 2.88. The molecule has 0 radical (unpaired) electrons. The predicted octanol–water partition coefficient (Wildman–Crippen LogP) is 4.41. The van der Waals surface area contributed by atoms with Crippen LogP contribution in [0.1, 0.15) is 71.4 Å². The lowest BCUT2D eigenvalue weighted by atomic mass is 9.80. The Labute approximate surface area is 182 Å². The number of thiocarbonyl (C=S) groups is 1. The largest absolute Gasteiger partial charge is 0.376 e. The molecular weight excluding hydrogens is 378 g/mol. The Balaban J connectivity index is 1.69. The molecule has 2 N–H and O–H groups in total. The van der Waals surface area contributed by atoms with E-state index in [-0.39, 0.29) is 17.2 Å². The zero-order chi connectivity index (χ0) is 21.1. The number of piperidine rings is 1. The van der Waals surface area contributed by atoms with E-state index in [0.29, 0.717) is 6.04 Å². The molecule has 3 rings (SSSR count). The van der Waals surface area contributed by atoms with Gasteiger partial charge in [-0.15, -0.1) is 0 Å². The fourth-order valence-electron chi connectivity index (χ4n) is 5.04. The van der Waals surface area contributed by atoms with Crippen molar-refractivity contribution in [3.05, 3.63) is 35.4 Å². The van der Waals surface area contributed by atoms with Crippen molar-refractivity contribution in [2.24, 2.45) is 0 Å². The molecule has 4 nitrogen and oxygen atoms in total. The molecule has 0 aliphatic carbocycles. The van der Waals surface area contributed by atoms with Crippen molar-refractivity contribution >= 4 is 17.3 Å². The van der Waals surface area contributed by atoms with Crippen LogP contribution in [-0.4, -0.2) is 46.4 Å². The average molecular weight is 418 g/mol. The molecule has 1 unspecified atom stereocenters. The summed E-state index contributed by atoms with van der Waals surface area (Å²) in [6.45, 7) is 13.9. The summed E-state index contributed by atoms with van der Waals surface area (Å²) >= 11 is 5.93. The van der Waals surface area contributed by atoms with Crippen LogP contribution in [0.5, 0.6) is 0 Å². The van der Waals surface area contributed by atoms with Crippen LogP contribution in [0.15, 0.2) is 24.3 Å². The number of hydrogen-bond acceptors (Lipinski definition) is 3.